The quantitative estimate of drug-likeness (QED) is 0.556. The number of rotatable bonds is 2. The Balaban J connectivity index is 2.98. The van der Waals surface area contributed by atoms with Crippen molar-refractivity contribution in [2.75, 3.05) is 6.61 Å². The lowest BCUT2D eigenvalue weighted by atomic mass is 10.1. The second kappa shape index (κ2) is 5.15. The average molecular weight is 189 g/mol. The highest BCUT2D eigenvalue weighted by atomic mass is 16.2. The third kappa shape index (κ3) is 2.68. The predicted molar refractivity (Wildman–Crippen MR) is 52.9 cm³/mol. The van der Waals surface area contributed by atoms with Crippen molar-refractivity contribution in [3.63, 3.8) is 0 Å². The molecule has 0 aliphatic rings. The van der Waals surface area contributed by atoms with Gasteiger partial charge in [0.15, 0.2) is 6.29 Å². The van der Waals surface area contributed by atoms with E-state index in [1.54, 1.807) is 12.3 Å². The lowest BCUT2D eigenvalue weighted by Gasteiger charge is -1.96. The van der Waals surface area contributed by atoms with Crippen LogP contribution in [0.5, 0.6) is 0 Å². The van der Waals surface area contributed by atoms with Gasteiger partial charge in [0.05, 0.1) is 12.2 Å². The molecule has 0 aromatic carbocycles. The molecule has 3 nitrogen and oxygen atoms in total. The van der Waals surface area contributed by atoms with Gasteiger partial charge in [-0.2, -0.15) is 0 Å². The first kappa shape index (κ1) is 10.4. The molecule has 0 fully saturated rings. The number of aliphatic hydroxyl groups is 1. The van der Waals surface area contributed by atoms with E-state index in [0.717, 1.165) is 12.0 Å². The van der Waals surface area contributed by atoms with Crippen molar-refractivity contribution in [2.45, 2.75) is 13.3 Å². The Kier molecular flexibility index (Phi) is 3.84. The molecule has 1 rings (SSSR count). The smallest absolute Gasteiger partial charge is 0.151 e. The number of nitrogens with zero attached hydrogens (tertiary/aromatic N) is 1. The molecule has 1 N–H and O–H groups in total. The highest BCUT2D eigenvalue weighted by Crippen LogP contribution is 2.05. The number of carbonyl (C=O) groups excluding carboxylic acids is 1. The van der Waals surface area contributed by atoms with E-state index in [-0.39, 0.29) is 6.61 Å². The van der Waals surface area contributed by atoms with Gasteiger partial charge in [0.1, 0.15) is 0 Å². The number of carbonyl (C=O) groups is 1. The van der Waals surface area contributed by atoms with Crippen LogP contribution in [-0.4, -0.2) is 23.0 Å². The summed E-state index contributed by atoms with van der Waals surface area (Å²) < 4.78 is 0. The summed E-state index contributed by atoms with van der Waals surface area (Å²) in [4.78, 5) is 14.7. The summed E-state index contributed by atoms with van der Waals surface area (Å²) in [5.41, 5.74) is 1.95. The molecule has 14 heavy (non-hydrogen) atoms. The first-order valence-electron chi connectivity index (χ1n) is 4.29. The number of hydrogen-bond acceptors (Lipinski definition) is 3. The van der Waals surface area contributed by atoms with Crippen LogP contribution >= 0.6 is 0 Å². The number of hydrogen-bond donors (Lipinski definition) is 1. The van der Waals surface area contributed by atoms with Crippen LogP contribution in [0, 0.1) is 18.8 Å². The Morgan fingerprint density at radius 3 is 3.07 bits per heavy atom. The number of pyridine rings is 1. The van der Waals surface area contributed by atoms with Gasteiger partial charge in [0.2, 0.25) is 0 Å². The molecule has 0 unspecified atom stereocenters. The Morgan fingerprint density at radius 1 is 1.64 bits per heavy atom. The fourth-order valence-corrected chi connectivity index (χ4v) is 0.997. The molecule has 0 saturated carbocycles. The van der Waals surface area contributed by atoms with Crippen LogP contribution in [0.25, 0.3) is 0 Å². The van der Waals surface area contributed by atoms with Gasteiger partial charge in [0, 0.05) is 23.9 Å². The predicted octanol–water partition coefficient (Wildman–Crippen LogP) is 0.936. The number of aliphatic hydroxyl groups excluding tert-OH is 1. The third-order valence-corrected chi connectivity index (χ3v) is 1.66. The van der Waals surface area contributed by atoms with Crippen LogP contribution in [0.4, 0.5) is 0 Å². The van der Waals surface area contributed by atoms with Crippen molar-refractivity contribution in [3.8, 4) is 11.8 Å². The summed E-state index contributed by atoms with van der Waals surface area (Å²) in [6, 6.07) is 1.69. The normalized spacial score (nSPS) is 9.00. The maximum absolute atomic E-state index is 10.7. The highest BCUT2D eigenvalue weighted by molar-refractivity contribution is 5.79. The van der Waals surface area contributed by atoms with Crippen molar-refractivity contribution in [1.82, 2.24) is 4.98 Å². The van der Waals surface area contributed by atoms with E-state index in [1.807, 2.05) is 6.92 Å². The first-order valence-corrected chi connectivity index (χ1v) is 4.29. The third-order valence-electron chi connectivity index (χ3n) is 1.66. The molecule has 1 heterocycles. The summed E-state index contributed by atoms with van der Waals surface area (Å²) in [6.07, 6.45) is 2.74. The fraction of sp³-hybridized carbons (Fsp3) is 0.273. The van der Waals surface area contributed by atoms with E-state index in [2.05, 4.69) is 16.8 Å². The minimum absolute atomic E-state index is 0.0305. The maximum atomic E-state index is 10.7. The zero-order chi connectivity index (χ0) is 10.4. The van der Waals surface area contributed by atoms with E-state index >= 15 is 0 Å². The monoisotopic (exact) mass is 189 g/mol. The second-order valence-corrected chi connectivity index (χ2v) is 2.81. The second-order valence-electron chi connectivity index (χ2n) is 2.81. The van der Waals surface area contributed by atoms with Crippen molar-refractivity contribution in [2.24, 2.45) is 0 Å². The van der Waals surface area contributed by atoms with Crippen molar-refractivity contribution >= 4 is 6.29 Å². The van der Waals surface area contributed by atoms with Crippen LogP contribution < -0.4 is 0 Å². The molecule has 0 spiro atoms. The van der Waals surface area contributed by atoms with E-state index in [0.29, 0.717) is 17.5 Å². The zero-order valence-electron chi connectivity index (χ0n) is 7.95. The maximum Gasteiger partial charge on any atom is 0.151 e. The summed E-state index contributed by atoms with van der Waals surface area (Å²) >= 11 is 0. The molecule has 3 heteroatoms. The van der Waals surface area contributed by atoms with Crippen LogP contribution in [0.2, 0.25) is 0 Å². The van der Waals surface area contributed by atoms with Gasteiger partial charge in [-0.25, -0.2) is 0 Å². The Bertz CT molecular complexity index is 388. The van der Waals surface area contributed by atoms with Crippen molar-refractivity contribution < 1.29 is 9.90 Å². The first-order chi connectivity index (χ1) is 6.77. The largest absolute Gasteiger partial charge is 0.395 e. The van der Waals surface area contributed by atoms with E-state index < -0.39 is 0 Å². The van der Waals surface area contributed by atoms with Gasteiger partial charge < -0.3 is 5.11 Å². The molecule has 0 bridgehead atoms. The van der Waals surface area contributed by atoms with Crippen LogP contribution in [-0.2, 0) is 0 Å². The van der Waals surface area contributed by atoms with Gasteiger partial charge >= 0.3 is 0 Å². The number of aldehydes is 1. The summed E-state index contributed by atoms with van der Waals surface area (Å²) in [5, 5.41) is 8.53. The molecule has 0 aliphatic carbocycles. The van der Waals surface area contributed by atoms with E-state index in [4.69, 9.17) is 5.11 Å². The van der Waals surface area contributed by atoms with Crippen LogP contribution in [0.1, 0.15) is 28.0 Å². The molecule has 0 atom stereocenters. The molecule has 72 valence electrons. The lowest BCUT2D eigenvalue weighted by Crippen LogP contribution is -1.91. The van der Waals surface area contributed by atoms with Gasteiger partial charge in [-0.05, 0) is 13.0 Å². The zero-order valence-corrected chi connectivity index (χ0v) is 7.95. The SMILES string of the molecule is Cc1cc(C=O)c(C#CCCO)cn1. The average Bonchev–Trinajstić information content (AvgIpc) is 2.20. The molecular formula is C11H11NO2. The highest BCUT2D eigenvalue weighted by Gasteiger charge is 1.98. The Morgan fingerprint density at radius 2 is 2.43 bits per heavy atom. The minimum Gasteiger partial charge on any atom is -0.395 e. The molecule has 0 saturated heterocycles. The topological polar surface area (TPSA) is 50.2 Å². The summed E-state index contributed by atoms with van der Waals surface area (Å²) in [6.45, 7) is 1.85. The molecule has 0 amide bonds. The Labute approximate surface area is 82.8 Å². The van der Waals surface area contributed by atoms with Gasteiger partial charge in [0.25, 0.3) is 0 Å². The van der Waals surface area contributed by atoms with E-state index in [1.165, 1.54) is 0 Å². The molecule has 1 aromatic rings. The van der Waals surface area contributed by atoms with Gasteiger partial charge in [-0.15, -0.1) is 0 Å². The standard InChI is InChI=1S/C11H11NO2/c1-9-6-11(8-14)10(7-12-9)4-2-3-5-13/h6-8,13H,3,5H2,1H3. The van der Waals surface area contributed by atoms with Gasteiger partial charge in [-0.3, -0.25) is 9.78 Å². The number of aromatic nitrogens is 1. The van der Waals surface area contributed by atoms with E-state index in [9.17, 15) is 4.79 Å². The summed E-state index contributed by atoms with van der Waals surface area (Å²) in [7, 11) is 0. The lowest BCUT2D eigenvalue weighted by molar-refractivity contribution is 0.112. The molecule has 1 aromatic heterocycles. The van der Waals surface area contributed by atoms with Crippen molar-refractivity contribution in [3.05, 3.63) is 29.1 Å². The fourth-order valence-electron chi connectivity index (χ4n) is 0.997. The molecule has 0 aliphatic heterocycles. The molecular weight excluding hydrogens is 178 g/mol. The van der Waals surface area contributed by atoms with Crippen LogP contribution in [0.3, 0.4) is 0 Å². The van der Waals surface area contributed by atoms with Gasteiger partial charge in [-0.1, -0.05) is 11.8 Å². The van der Waals surface area contributed by atoms with Crippen molar-refractivity contribution in [1.29, 1.82) is 0 Å². The van der Waals surface area contributed by atoms with Crippen LogP contribution in [0.15, 0.2) is 12.3 Å². The minimum atomic E-state index is 0.0305. The molecule has 0 radical (unpaired) electrons. The number of aryl methyl sites for hydroxylation is 1. The summed E-state index contributed by atoms with van der Waals surface area (Å²) in [5.74, 6) is 5.54. The Hall–Kier alpha value is -1.66.